The summed E-state index contributed by atoms with van der Waals surface area (Å²) in [5.74, 6) is 0. The van der Waals surface area contributed by atoms with Gasteiger partial charge in [-0.3, -0.25) is 0 Å². The molecule has 1 unspecified atom stereocenters. The normalized spacial score (nSPS) is 14.6. The van der Waals surface area contributed by atoms with Crippen LogP contribution in [0.15, 0.2) is 51.2 Å². The summed E-state index contributed by atoms with van der Waals surface area (Å²) in [6.45, 7) is 0. The van der Waals surface area contributed by atoms with Gasteiger partial charge in [-0.05, 0) is 26.5 Å². The molecule has 0 radical (unpaired) electrons. The largest absolute Gasteiger partial charge is 0.195 e. The molecule has 1 N–H and O–H groups in total. The molecule has 1 aromatic carbocycles. The van der Waals surface area contributed by atoms with E-state index >= 15 is 0 Å². The van der Waals surface area contributed by atoms with Gasteiger partial charge >= 0.3 is 0 Å². The van der Waals surface area contributed by atoms with E-state index in [4.69, 9.17) is 5.26 Å². The molecule has 16 heavy (non-hydrogen) atoms. The first-order valence-corrected chi connectivity index (χ1v) is 4.22. The van der Waals surface area contributed by atoms with E-state index in [1.165, 1.54) is 5.12 Å². The van der Waals surface area contributed by atoms with Crippen molar-refractivity contribution in [3.8, 4) is 6.07 Å². The maximum atomic E-state index is 9.03. The molecule has 0 bridgehead atoms. The van der Waals surface area contributed by atoms with Crippen molar-refractivity contribution in [3.63, 3.8) is 0 Å². The number of hydrogen-bond acceptors (Lipinski definition) is 7. The van der Waals surface area contributed by atoms with Gasteiger partial charge in [0.2, 0.25) is 0 Å². The van der Waals surface area contributed by atoms with Gasteiger partial charge in [0.1, 0.15) is 0 Å². The molecule has 1 atom stereocenters. The number of nitrogens with one attached hydrogen (secondary N) is 1. The van der Waals surface area contributed by atoms with Crippen molar-refractivity contribution in [3.05, 3.63) is 35.9 Å². The summed E-state index contributed by atoms with van der Waals surface area (Å²) >= 11 is 0. The van der Waals surface area contributed by atoms with E-state index < -0.39 is 6.04 Å². The Hall–Kier alpha value is -2.01. The standard InChI is InChI=1S/C8H7N7.BrH/c9-6-8(7-4-2-1-3-5-7)15-13-11-10-12-14-15;/h1-5,8H,(H,10,13,14);1H. The molecule has 0 fully saturated rings. The molecule has 0 saturated heterocycles. The lowest BCUT2D eigenvalue weighted by Gasteiger charge is -2.21. The van der Waals surface area contributed by atoms with Crippen LogP contribution in [0.3, 0.4) is 0 Å². The summed E-state index contributed by atoms with van der Waals surface area (Å²) in [7, 11) is 0. The Morgan fingerprint density at radius 1 is 1.25 bits per heavy atom. The lowest BCUT2D eigenvalue weighted by Crippen LogP contribution is -2.33. The van der Waals surface area contributed by atoms with Gasteiger partial charge in [0.15, 0.2) is 6.04 Å². The monoisotopic (exact) mass is 281 g/mol. The van der Waals surface area contributed by atoms with E-state index in [-0.39, 0.29) is 17.0 Å². The first kappa shape index (κ1) is 12.1. The van der Waals surface area contributed by atoms with Crippen molar-refractivity contribution in [1.29, 1.82) is 5.26 Å². The minimum absolute atomic E-state index is 0. The zero-order chi connectivity index (χ0) is 10.5. The maximum absolute atomic E-state index is 9.03. The summed E-state index contributed by atoms with van der Waals surface area (Å²) in [5.41, 5.74) is 3.29. The van der Waals surface area contributed by atoms with Crippen LogP contribution in [0, 0.1) is 11.3 Å². The average Bonchev–Trinajstić information content (AvgIpc) is 2.33. The summed E-state index contributed by atoms with van der Waals surface area (Å²) in [5, 5.41) is 24.0. The third-order valence-electron chi connectivity index (χ3n) is 1.85. The minimum atomic E-state index is -0.575. The summed E-state index contributed by atoms with van der Waals surface area (Å²) in [6.07, 6.45) is 0. The van der Waals surface area contributed by atoms with Gasteiger partial charge in [0.05, 0.1) is 6.07 Å². The van der Waals surface area contributed by atoms with Gasteiger partial charge in [-0.25, -0.2) is 0 Å². The molecule has 0 spiro atoms. The number of hydrazine groups is 1. The van der Waals surface area contributed by atoms with Crippen molar-refractivity contribution in [2.24, 2.45) is 20.9 Å². The van der Waals surface area contributed by atoms with E-state index in [0.717, 1.165) is 5.56 Å². The van der Waals surface area contributed by atoms with Crippen LogP contribution in [0.5, 0.6) is 0 Å². The predicted molar refractivity (Wildman–Crippen MR) is 59.8 cm³/mol. The number of hydrogen-bond donors (Lipinski definition) is 1. The lowest BCUT2D eigenvalue weighted by atomic mass is 10.1. The highest BCUT2D eigenvalue weighted by atomic mass is 79.9. The summed E-state index contributed by atoms with van der Waals surface area (Å²) < 4.78 is 0. The lowest BCUT2D eigenvalue weighted by molar-refractivity contribution is 0.125. The molecule has 0 aliphatic carbocycles. The highest BCUT2D eigenvalue weighted by molar-refractivity contribution is 8.93. The molecule has 1 aliphatic rings. The smallest absolute Gasteiger partial charge is 0.184 e. The van der Waals surface area contributed by atoms with Crippen LogP contribution in [0.4, 0.5) is 0 Å². The summed E-state index contributed by atoms with van der Waals surface area (Å²) in [4.78, 5) is 0. The van der Waals surface area contributed by atoms with E-state index in [1.807, 2.05) is 30.3 Å². The van der Waals surface area contributed by atoms with E-state index in [1.54, 1.807) is 0 Å². The van der Waals surface area contributed by atoms with Crippen molar-refractivity contribution in [1.82, 2.24) is 10.7 Å². The molecular formula is C8H8BrN7. The molecule has 0 amide bonds. The van der Waals surface area contributed by atoms with Crippen LogP contribution in [-0.2, 0) is 0 Å². The molecule has 2 rings (SSSR count). The summed E-state index contributed by atoms with van der Waals surface area (Å²) in [6, 6.07) is 10.8. The number of rotatable bonds is 2. The Morgan fingerprint density at radius 2 is 2.00 bits per heavy atom. The molecule has 8 heteroatoms. The number of nitriles is 1. The molecule has 0 aromatic heterocycles. The molecule has 1 aromatic rings. The van der Waals surface area contributed by atoms with Gasteiger partial charge in [-0.2, -0.15) is 10.8 Å². The van der Waals surface area contributed by atoms with Crippen LogP contribution in [0.25, 0.3) is 0 Å². The average molecular weight is 282 g/mol. The quantitative estimate of drug-likeness (QED) is 0.902. The van der Waals surface area contributed by atoms with Crippen molar-refractivity contribution in [2.45, 2.75) is 6.04 Å². The Bertz CT molecular complexity index is 424. The fraction of sp³-hybridized carbons (Fsp3) is 0.125. The van der Waals surface area contributed by atoms with E-state index in [2.05, 4.69) is 32.5 Å². The van der Waals surface area contributed by atoms with Crippen molar-refractivity contribution in [2.75, 3.05) is 0 Å². The molecular weight excluding hydrogens is 274 g/mol. The van der Waals surface area contributed by atoms with Gasteiger partial charge in [0, 0.05) is 0 Å². The number of nitrogens with zero attached hydrogens (tertiary/aromatic N) is 6. The van der Waals surface area contributed by atoms with E-state index in [0.29, 0.717) is 0 Å². The van der Waals surface area contributed by atoms with Crippen LogP contribution in [0.2, 0.25) is 0 Å². The SMILES string of the molecule is Br.N#CC(c1ccccc1)N1N=NN=NN1. The van der Waals surface area contributed by atoms with Gasteiger partial charge in [-0.15, -0.1) is 22.1 Å². The number of benzene rings is 1. The van der Waals surface area contributed by atoms with Crippen LogP contribution < -0.4 is 5.53 Å². The van der Waals surface area contributed by atoms with Gasteiger partial charge in [0.25, 0.3) is 0 Å². The molecule has 82 valence electrons. The molecule has 1 aliphatic heterocycles. The topological polar surface area (TPSA) is 88.5 Å². The minimum Gasteiger partial charge on any atom is -0.195 e. The highest BCUT2D eigenvalue weighted by Gasteiger charge is 2.19. The first-order chi connectivity index (χ1) is 7.42. The van der Waals surface area contributed by atoms with Crippen LogP contribution >= 0.6 is 17.0 Å². The molecule has 7 nitrogen and oxygen atoms in total. The zero-order valence-electron chi connectivity index (χ0n) is 8.06. The zero-order valence-corrected chi connectivity index (χ0v) is 9.77. The number of halogens is 1. The predicted octanol–water partition coefficient (Wildman–Crippen LogP) is 2.30. The second-order valence-corrected chi connectivity index (χ2v) is 2.76. The second-order valence-electron chi connectivity index (χ2n) is 2.76. The third-order valence-corrected chi connectivity index (χ3v) is 1.85. The fourth-order valence-corrected chi connectivity index (χ4v) is 1.18. The Balaban J connectivity index is 0.00000128. The maximum Gasteiger partial charge on any atom is 0.184 e. The molecule has 0 saturated carbocycles. The van der Waals surface area contributed by atoms with Gasteiger partial charge in [-0.1, -0.05) is 30.3 Å². The Labute approximate surface area is 102 Å². The fourth-order valence-electron chi connectivity index (χ4n) is 1.18. The van der Waals surface area contributed by atoms with Crippen LogP contribution in [0.1, 0.15) is 11.6 Å². The van der Waals surface area contributed by atoms with Crippen LogP contribution in [-0.4, -0.2) is 5.12 Å². The third kappa shape index (κ3) is 2.52. The molecule has 1 heterocycles. The Kier molecular flexibility index (Phi) is 4.35. The van der Waals surface area contributed by atoms with Crippen molar-refractivity contribution >= 4 is 17.0 Å². The highest BCUT2D eigenvalue weighted by Crippen LogP contribution is 2.19. The Morgan fingerprint density at radius 3 is 2.56 bits per heavy atom. The first-order valence-electron chi connectivity index (χ1n) is 4.22. The van der Waals surface area contributed by atoms with Gasteiger partial charge < -0.3 is 0 Å². The second kappa shape index (κ2) is 5.77. The van der Waals surface area contributed by atoms with E-state index in [9.17, 15) is 0 Å². The van der Waals surface area contributed by atoms with Crippen molar-refractivity contribution < 1.29 is 0 Å².